The average Bonchev–Trinajstić information content (AvgIpc) is 3.55. The zero-order valence-corrected chi connectivity index (χ0v) is 21.5. The Balaban J connectivity index is 1.25. The molecular formula is C27H48N6O. The van der Waals surface area contributed by atoms with E-state index in [0.29, 0.717) is 41.7 Å². The molecule has 8 unspecified atom stereocenters. The number of guanidine groups is 1. The van der Waals surface area contributed by atoms with E-state index in [9.17, 15) is 4.79 Å². The van der Waals surface area contributed by atoms with Crippen molar-refractivity contribution < 1.29 is 4.79 Å². The van der Waals surface area contributed by atoms with Gasteiger partial charge in [0.25, 0.3) is 0 Å². The van der Waals surface area contributed by atoms with Crippen LogP contribution >= 0.6 is 0 Å². The molecule has 192 valence electrons. The van der Waals surface area contributed by atoms with Crippen LogP contribution < -0.4 is 26.6 Å². The number of hydrogen-bond donors (Lipinski definition) is 5. The molecule has 1 amide bonds. The van der Waals surface area contributed by atoms with Gasteiger partial charge in [-0.15, -0.1) is 0 Å². The molecule has 8 atom stereocenters. The molecule has 0 aromatic heterocycles. The Kier molecular flexibility index (Phi) is 7.99. The van der Waals surface area contributed by atoms with Gasteiger partial charge >= 0.3 is 0 Å². The summed E-state index contributed by atoms with van der Waals surface area (Å²) < 4.78 is 0. The van der Waals surface area contributed by atoms with Gasteiger partial charge in [-0.2, -0.15) is 0 Å². The molecule has 34 heavy (non-hydrogen) atoms. The van der Waals surface area contributed by atoms with Crippen LogP contribution in [-0.4, -0.2) is 63.2 Å². The molecule has 5 N–H and O–H groups in total. The Morgan fingerprint density at radius 1 is 1.06 bits per heavy atom. The maximum absolute atomic E-state index is 13.8. The van der Waals surface area contributed by atoms with Crippen molar-refractivity contribution in [1.29, 1.82) is 0 Å². The summed E-state index contributed by atoms with van der Waals surface area (Å²) in [5.74, 6) is 5.44. The first-order valence-corrected chi connectivity index (χ1v) is 14.3. The lowest BCUT2D eigenvalue weighted by Crippen LogP contribution is -2.55. The average molecular weight is 473 g/mol. The quantitative estimate of drug-likeness (QED) is 0.392. The fourth-order valence-electron chi connectivity index (χ4n) is 7.33. The minimum Gasteiger partial charge on any atom is -0.356 e. The van der Waals surface area contributed by atoms with Crippen molar-refractivity contribution in [2.75, 3.05) is 39.3 Å². The smallest absolute Gasteiger partial charge is 0.223 e. The first-order chi connectivity index (χ1) is 16.6. The Morgan fingerprint density at radius 3 is 2.68 bits per heavy atom. The minimum atomic E-state index is 0.139. The van der Waals surface area contributed by atoms with Crippen molar-refractivity contribution in [3.63, 3.8) is 0 Å². The van der Waals surface area contributed by atoms with E-state index in [0.717, 1.165) is 69.9 Å². The third-order valence-electron chi connectivity index (χ3n) is 9.51. The molecule has 3 aliphatic heterocycles. The van der Waals surface area contributed by atoms with Crippen LogP contribution in [0, 0.1) is 41.4 Å². The normalized spacial score (nSPS) is 39.6. The number of carbonyl (C=O) groups is 1. The number of hydrogen-bond acceptors (Lipinski definition) is 6. The zero-order chi connectivity index (χ0) is 23.5. The van der Waals surface area contributed by atoms with Crippen molar-refractivity contribution in [2.24, 2.45) is 46.4 Å². The van der Waals surface area contributed by atoms with E-state index in [4.69, 9.17) is 0 Å². The number of nitrogens with zero attached hydrogens (tertiary/aromatic N) is 1. The van der Waals surface area contributed by atoms with Gasteiger partial charge in [0.1, 0.15) is 0 Å². The standard InChI is InChI=1S/C27H48N6O/c1-17-5-8-29-24(11-17)25(20-3-4-20)33-26(34)22-13-19(15-32-27-30-9-10-31-27)12-21(14-22)23-16-28-7-6-18(23)2/h17-25,28-29H,3-16H2,1-2H3,(H,33,34)(H2,30,31,32). The van der Waals surface area contributed by atoms with Gasteiger partial charge in [0.15, 0.2) is 5.96 Å². The fourth-order valence-corrected chi connectivity index (χ4v) is 7.33. The Bertz CT molecular complexity index is 724. The zero-order valence-electron chi connectivity index (χ0n) is 21.5. The van der Waals surface area contributed by atoms with E-state index in [-0.39, 0.29) is 5.92 Å². The molecule has 0 spiro atoms. The van der Waals surface area contributed by atoms with E-state index in [1.165, 1.54) is 38.5 Å². The summed E-state index contributed by atoms with van der Waals surface area (Å²) in [7, 11) is 0. The van der Waals surface area contributed by atoms with Crippen LogP contribution in [0.2, 0.25) is 0 Å². The van der Waals surface area contributed by atoms with E-state index in [1.54, 1.807) is 0 Å². The lowest BCUT2D eigenvalue weighted by atomic mass is 9.66. The molecule has 0 radical (unpaired) electrons. The minimum absolute atomic E-state index is 0.139. The van der Waals surface area contributed by atoms with Gasteiger partial charge in [-0.1, -0.05) is 13.8 Å². The number of amides is 1. The Morgan fingerprint density at radius 2 is 1.94 bits per heavy atom. The summed E-state index contributed by atoms with van der Waals surface area (Å²) in [6.45, 7) is 10.9. The summed E-state index contributed by atoms with van der Waals surface area (Å²) in [6, 6.07) is 0.769. The lowest BCUT2D eigenvalue weighted by Gasteiger charge is -2.43. The third kappa shape index (κ3) is 6.07. The molecule has 4 fully saturated rings. The Hall–Kier alpha value is -1.34. The predicted octanol–water partition coefficient (Wildman–Crippen LogP) is 2.10. The second-order valence-electron chi connectivity index (χ2n) is 12.3. The van der Waals surface area contributed by atoms with E-state index in [2.05, 4.69) is 45.4 Å². The second-order valence-corrected chi connectivity index (χ2v) is 12.3. The summed E-state index contributed by atoms with van der Waals surface area (Å²) in [4.78, 5) is 18.3. The van der Waals surface area contributed by atoms with Crippen LogP contribution in [-0.2, 0) is 4.79 Å². The van der Waals surface area contributed by atoms with Crippen LogP contribution in [0.15, 0.2) is 4.99 Å². The molecule has 2 aliphatic carbocycles. The number of rotatable bonds is 7. The van der Waals surface area contributed by atoms with Crippen LogP contribution in [0.4, 0.5) is 0 Å². The number of carbonyl (C=O) groups excluding carboxylic acids is 1. The van der Waals surface area contributed by atoms with Crippen molar-refractivity contribution in [1.82, 2.24) is 26.6 Å². The van der Waals surface area contributed by atoms with Crippen LogP contribution in [0.1, 0.15) is 65.2 Å². The molecule has 7 heteroatoms. The summed E-state index contributed by atoms with van der Waals surface area (Å²) in [5, 5.41) is 17.9. The Labute approximate surface area is 206 Å². The predicted molar refractivity (Wildman–Crippen MR) is 138 cm³/mol. The molecular weight excluding hydrogens is 424 g/mol. The van der Waals surface area contributed by atoms with E-state index in [1.807, 2.05) is 0 Å². The van der Waals surface area contributed by atoms with Crippen LogP contribution in [0.25, 0.3) is 0 Å². The first kappa shape index (κ1) is 24.4. The molecule has 0 bridgehead atoms. The highest BCUT2D eigenvalue weighted by Gasteiger charge is 2.42. The first-order valence-electron chi connectivity index (χ1n) is 14.3. The monoisotopic (exact) mass is 472 g/mol. The molecule has 2 saturated carbocycles. The van der Waals surface area contributed by atoms with Crippen LogP contribution in [0.5, 0.6) is 0 Å². The molecule has 3 heterocycles. The summed E-state index contributed by atoms with van der Waals surface area (Å²) in [6.07, 6.45) is 9.56. The van der Waals surface area contributed by atoms with Crippen molar-refractivity contribution in [3.8, 4) is 0 Å². The SMILES string of the molecule is CC1CCNC(C(NC(=O)C2CC(CNC3=NCCN3)CC(C3CNCCC3C)C2)C2CC2)C1. The highest BCUT2D eigenvalue weighted by atomic mass is 16.2. The van der Waals surface area contributed by atoms with Crippen LogP contribution in [0.3, 0.4) is 0 Å². The van der Waals surface area contributed by atoms with Crippen molar-refractivity contribution >= 4 is 11.9 Å². The number of piperidine rings is 2. The maximum Gasteiger partial charge on any atom is 0.223 e. The van der Waals surface area contributed by atoms with Gasteiger partial charge in [-0.05, 0) is 107 Å². The molecule has 5 rings (SSSR count). The van der Waals surface area contributed by atoms with Crippen molar-refractivity contribution in [2.45, 2.75) is 77.3 Å². The fraction of sp³-hybridized carbons (Fsp3) is 0.926. The number of aliphatic imine (C=N–C) groups is 1. The molecule has 7 nitrogen and oxygen atoms in total. The maximum atomic E-state index is 13.8. The summed E-state index contributed by atoms with van der Waals surface area (Å²) >= 11 is 0. The van der Waals surface area contributed by atoms with Gasteiger partial charge in [0, 0.05) is 31.1 Å². The van der Waals surface area contributed by atoms with Gasteiger partial charge in [0.2, 0.25) is 5.91 Å². The van der Waals surface area contributed by atoms with E-state index >= 15 is 0 Å². The van der Waals surface area contributed by atoms with Gasteiger partial charge in [-0.3, -0.25) is 9.79 Å². The highest BCUT2D eigenvalue weighted by molar-refractivity contribution is 5.81. The lowest BCUT2D eigenvalue weighted by molar-refractivity contribution is -0.128. The van der Waals surface area contributed by atoms with Crippen molar-refractivity contribution in [3.05, 3.63) is 0 Å². The highest BCUT2D eigenvalue weighted by Crippen LogP contribution is 2.42. The van der Waals surface area contributed by atoms with Gasteiger partial charge in [0.05, 0.1) is 6.54 Å². The molecule has 0 aromatic carbocycles. The van der Waals surface area contributed by atoms with Gasteiger partial charge < -0.3 is 26.6 Å². The topological polar surface area (TPSA) is 89.6 Å². The largest absolute Gasteiger partial charge is 0.356 e. The van der Waals surface area contributed by atoms with E-state index < -0.39 is 0 Å². The summed E-state index contributed by atoms with van der Waals surface area (Å²) in [5.41, 5.74) is 0. The van der Waals surface area contributed by atoms with Gasteiger partial charge in [-0.25, -0.2) is 0 Å². The number of nitrogens with one attached hydrogen (secondary N) is 5. The molecule has 0 aromatic rings. The molecule has 2 saturated heterocycles. The third-order valence-corrected chi connectivity index (χ3v) is 9.51. The second kappa shape index (κ2) is 11.2. The molecule has 5 aliphatic rings.